The summed E-state index contributed by atoms with van der Waals surface area (Å²) >= 11 is 0. The van der Waals surface area contributed by atoms with Crippen LogP contribution in [-0.2, 0) is 9.53 Å². The molecule has 5 nitrogen and oxygen atoms in total. The highest BCUT2D eigenvalue weighted by Crippen LogP contribution is 2.21. The first-order chi connectivity index (χ1) is 7.70. The zero-order valence-corrected chi connectivity index (χ0v) is 11.3. The zero-order chi connectivity index (χ0) is 13.2. The molecule has 0 radical (unpaired) electrons. The highest BCUT2D eigenvalue weighted by molar-refractivity contribution is 5.95. The average Bonchev–Trinajstić information content (AvgIpc) is 2.44. The van der Waals surface area contributed by atoms with Crippen LogP contribution in [0.5, 0.6) is 0 Å². The Morgan fingerprint density at radius 2 is 2.06 bits per heavy atom. The maximum absolute atomic E-state index is 12.0. The molecule has 1 atom stereocenters. The van der Waals surface area contributed by atoms with Crippen LogP contribution >= 0.6 is 0 Å². The molecule has 0 aromatic heterocycles. The maximum Gasteiger partial charge on any atom is 0.417 e. The van der Waals surface area contributed by atoms with Crippen LogP contribution in [0, 0.1) is 5.92 Å². The lowest BCUT2D eigenvalue weighted by Crippen LogP contribution is -2.39. The Balaban J connectivity index is 2.58. The number of ether oxygens (including phenoxy) is 1. The number of rotatable bonds is 2. The molecule has 0 aromatic rings. The van der Waals surface area contributed by atoms with Gasteiger partial charge in [-0.1, -0.05) is 0 Å². The molecule has 2 amide bonds. The van der Waals surface area contributed by atoms with E-state index in [9.17, 15) is 9.59 Å². The second-order valence-corrected chi connectivity index (χ2v) is 5.72. The fourth-order valence-electron chi connectivity index (χ4n) is 1.85. The molecule has 1 aliphatic rings. The minimum absolute atomic E-state index is 0.0856. The van der Waals surface area contributed by atoms with Crippen molar-refractivity contribution in [2.75, 3.05) is 27.2 Å². The van der Waals surface area contributed by atoms with Gasteiger partial charge in [-0.05, 0) is 41.3 Å². The van der Waals surface area contributed by atoms with E-state index < -0.39 is 11.7 Å². The number of carbonyl (C=O) groups is 2. The molecule has 98 valence electrons. The van der Waals surface area contributed by atoms with E-state index in [2.05, 4.69) is 0 Å². The number of hydrogen-bond acceptors (Lipinski definition) is 4. The van der Waals surface area contributed by atoms with Crippen molar-refractivity contribution in [1.82, 2.24) is 9.80 Å². The molecule has 1 fully saturated rings. The van der Waals surface area contributed by atoms with E-state index in [1.54, 1.807) is 20.8 Å². The Bertz CT molecular complexity index is 307. The van der Waals surface area contributed by atoms with Crippen molar-refractivity contribution in [3.8, 4) is 0 Å². The molecular weight excluding hydrogens is 220 g/mol. The summed E-state index contributed by atoms with van der Waals surface area (Å²) in [5.41, 5.74) is -0.559. The fourth-order valence-corrected chi connectivity index (χ4v) is 1.85. The molecule has 0 spiro atoms. The molecule has 1 saturated heterocycles. The second-order valence-electron chi connectivity index (χ2n) is 5.72. The molecule has 0 aromatic carbocycles. The number of likely N-dealkylation sites (tertiary alicyclic amines) is 1. The van der Waals surface area contributed by atoms with Crippen LogP contribution in [0.3, 0.4) is 0 Å². The summed E-state index contributed by atoms with van der Waals surface area (Å²) in [7, 11) is 3.84. The summed E-state index contributed by atoms with van der Waals surface area (Å²) in [6.07, 6.45) is 0.194. The van der Waals surface area contributed by atoms with E-state index in [1.807, 2.05) is 19.0 Å². The molecule has 1 aliphatic heterocycles. The summed E-state index contributed by atoms with van der Waals surface area (Å²) in [6, 6.07) is 0. The van der Waals surface area contributed by atoms with Crippen molar-refractivity contribution < 1.29 is 14.3 Å². The molecule has 0 bridgehead atoms. The fraction of sp³-hybridized carbons (Fsp3) is 0.833. The largest absolute Gasteiger partial charge is 0.443 e. The van der Waals surface area contributed by atoms with Crippen molar-refractivity contribution >= 4 is 12.0 Å². The number of imide groups is 1. The van der Waals surface area contributed by atoms with Crippen LogP contribution in [0.1, 0.15) is 27.2 Å². The van der Waals surface area contributed by atoms with Gasteiger partial charge in [0, 0.05) is 13.1 Å². The summed E-state index contributed by atoms with van der Waals surface area (Å²) in [4.78, 5) is 26.9. The Hall–Kier alpha value is -1.10. The van der Waals surface area contributed by atoms with Crippen molar-refractivity contribution in [3.63, 3.8) is 0 Å². The van der Waals surface area contributed by atoms with Crippen molar-refractivity contribution in [1.29, 1.82) is 0 Å². The third-order valence-corrected chi connectivity index (χ3v) is 2.52. The van der Waals surface area contributed by atoms with Crippen LogP contribution in [0.25, 0.3) is 0 Å². The van der Waals surface area contributed by atoms with Crippen LogP contribution in [-0.4, -0.2) is 54.6 Å². The minimum Gasteiger partial charge on any atom is -0.443 e. The molecule has 1 heterocycles. The highest BCUT2D eigenvalue weighted by atomic mass is 16.6. The molecule has 0 aliphatic carbocycles. The number of amides is 2. The predicted octanol–water partition coefficient (Wildman–Crippen LogP) is 1.33. The van der Waals surface area contributed by atoms with E-state index in [0.717, 1.165) is 6.42 Å². The normalized spacial score (nSPS) is 21.2. The Kier molecular flexibility index (Phi) is 4.14. The van der Waals surface area contributed by atoms with Gasteiger partial charge in [0.15, 0.2) is 0 Å². The average molecular weight is 242 g/mol. The monoisotopic (exact) mass is 242 g/mol. The van der Waals surface area contributed by atoms with E-state index in [1.165, 1.54) is 4.90 Å². The van der Waals surface area contributed by atoms with Gasteiger partial charge in [-0.25, -0.2) is 9.69 Å². The third-order valence-electron chi connectivity index (χ3n) is 2.52. The van der Waals surface area contributed by atoms with Gasteiger partial charge in [-0.15, -0.1) is 0 Å². The summed E-state index contributed by atoms with van der Waals surface area (Å²) in [5, 5.41) is 0. The third kappa shape index (κ3) is 4.00. The van der Waals surface area contributed by atoms with Crippen LogP contribution in [0.15, 0.2) is 0 Å². The van der Waals surface area contributed by atoms with Crippen molar-refractivity contribution in [3.05, 3.63) is 0 Å². The molecule has 0 unspecified atom stereocenters. The van der Waals surface area contributed by atoms with Crippen LogP contribution in [0.4, 0.5) is 4.79 Å². The van der Waals surface area contributed by atoms with E-state index >= 15 is 0 Å². The lowest BCUT2D eigenvalue weighted by molar-refractivity contribution is -0.130. The lowest BCUT2D eigenvalue weighted by Gasteiger charge is -2.23. The topological polar surface area (TPSA) is 49.9 Å². The van der Waals surface area contributed by atoms with Gasteiger partial charge in [0.05, 0.1) is 5.92 Å². The van der Waals surface area contributed by atoms with Crippen molar-refractivity contribution in [2.45, 2.75) is 32.8 Å². The Morgan fingerprint density at radius 1 is 1.47 bits per heavy atom. The predicted molar refractivity (Wildman–Crippen MR) is 64.6 cm³/mol. The SMILES string of the molecule is CN(C)C[C@@H]1CCN(C(=O)OC(C)(C)C)C1=O. The molecule has 5 heteroatoms. The Labute approximate surface area is 103 Å². The minimum atomic E-state index is -0.559. The standard InChI is InChI=1S/C12H22N2O3/c1-12(2,3)17-11(16)14-7-6-9(10(14)15)8-13(4)5/h9H,6-8H2,1-5H3/t9-/m0/s1. The van der Waals surface area contributed by atoms with Gasteiger partial charge in [-0.3, -0.25) is 4.79 Å². The summed E-state index contributed by atoms with van der Waals surface area (Å²) in [6.45, 7) is 6.53. The van der Waals surface area contributed by atoms with E-state index in [-0.39, 0.29) is 11.8 Å². The van der Waals surface area contributed by atoms with Gasteiger partial charge in [0.2, 0.25) is 5.91 Å². The van der Waals surface area contributed by atoms with Crippen molar-refractivity contribution in [2.24, 2.45) is 5.92 Å². The summed E-state index contributed by atoms with van der Waals surface area (Å²) < 4.78 is 5.20. The van der Waals surface area contributed by atoms with Gasteiger partial charge in [-0.2, -0.15) is 0 Å². The quantitative estimate of drug-likeness (QED) is 0.733. The van der Waals surface area contributed by atoms with Gasteiger partial charge in [0.25, 0.3) is 0 Å². The van der Waals surface area contributed by atoms with Gasteiger partial charge < -0.3 is 9.64 Å². The first-order valence-electron chi connectivity index (χ1n) is 5.90. The summed E-state index contributed by atoms with van der Waals surface area (Å²) in [5.74, 6) is -0.203. The zero-order valence-electron chi connectivity index (χ0n) is 11.3. The van der Waals surface area contributed by atoms with Crippen LogP contribution < -0.4 is 0 Å². The first kappa shape index (κ1) is 14.0. The van der Waals surface area contributed by atoms with E-state index in [4.69, 9.17) is 4.74 Å². The molecule has 1 rings (SSSR count). The highest BCUT2D eigenvalue weighted by Gasteiger charge is 2.37. The van der Waals surface area contributed by atoms with E-state index in [0.29, 0.717) is 13.1 Å². The number of carbonyl (C=O) groups excluding carboxylic acids is 2. The molecular formula is C12H22N2O3. The maximum atomic E-state index is 12.0. The molecule has 0 saturated carbocycles. The van der Waals surface area contributed by atoms with Gasteiger partial charge >= 0.3 is 6.09 Å². The number of nitrogens with zero attached hydrogens (tertiary/aromatic N) is 2. The first-order valence-corrected chi connectivity index (χ1v) is 5.90. The van der Waals surface area contributed by atoms with Crippen LogP contribution in [0.2, 0.25) is 0 Å². The molecule has 17 heavy (non-hydrogen) atoms. The molecule has 0 N–H and O–H groups in total. The second kappa shape index (κ2) is 5.04. The lowest BCUT2D eigenvalue weighted by atomic mass is 10.1. The Morgan fingerprint density at radius 3 is 2.53 bits per heavy atom. The smallest absolute Gasteiger partial charge is 0.417 e. The van der Waals surface area contributed by atoms with Gasteiger partial charge in [0.1, 0.15) is 5.60 Å². The number of hydrogen-bond donors (Lipinski definition) is 0.